The summed E-state index contributed by atoms with van der Waals surface area (Å²) < 4.78 is 102. The van der Waals surface area contributed by atoms with Crippen LogP contribution in [0.25, 0.3) is 0 Å². The molecule has 2 saturated heterocycles. The first-order chi connectivity index (χ1) is 24.2. The molecule has 2 aliphatic carbocycles. The van der Waals surface area contributed by atoms with E-state index in [1.165, 1.54) is 31.4 Å². The number of carbonyl (C=O) groups is 4. The number of nitrogens with zero attached hydrogens (tertiary/aromatic N) is 2. The minimum absolute atomic E-state index is 0.0210. The molecule has 3 fully saturated rings. The number of phenols is 1. The third-order valence-electron chi connectivity index (χ3n) is 10.3. The van der Waals surface area contributed by atoms with Gasteiger partial charge in [0.25, 0.3) is 11.8 Å². The SMILES string of the molecule is COc1cc(O)ccc1C1C2=CCC3C(=O)N(c4cc(C(F)(F)F)cc(C(F)(F)F)c4)C(=O)C3C2CC2(Cl)C(=O)N(c3ccc(F)cc3)C(=O)C12Cl. The van der Waals surface area contributed by atoms with Gasteiger partial charge in [0.05, 0.1) is 41.4 Å². The number of hydrogen-bond acceptors (Lipinski definition) is 6. The Bertz CT molecular complexity index is 2070. The quantitative estimate of drug-likeness (QED) is 0.129. The van der Waals surface area contributed by atoms with Crippen LogP contribution in [0, 0.1) is 23.6 Å². The average Bonchev–Trinajstić information content (AvgIpc) is 3.42. The number of allylic oxidation sites excluding steroid dienone is 2. The predicted molar refractivity (Wildman–Crippen MR) is 170 cm³/mol. The lowest BCUT2D eigenvalue weighted by molar-refractivity contribution is -0.143. The number of benzene rings is 3. The van der Waals surface area contributed by atoms with E-state index in [9.17, 15) is 55.0 Å². The van der Waals surface area contributed by atoms with Gasteiger partial charge in [0, 0.05) is 17.5 Å². The van der Waals surface area contributed by atoms with Gasteiger partial charge in [-0.05, 0) is 67.3 Å². The summed E-state index contributed by atoms with van der Waals surface area (Å²) in [5.74, 6) is -10.7. The molecule has 7 rings (SSSR count). The lowest BCUT2D eigenvalue weighted by Gasteiger charge is -2.50. The van der Waals surface area contributed by atoms with E-state index in [0.717, 1.165) is 24.3 Å². The zero-order valence-corrected chi connectivity index (χ0v) is 27.9. The molecule has 6 unspecified atom stereocenters. The molecule has 8 nitrogen and oxygen atoms in total. The van der Waals surface area contributed by atoms with Gasteiger partial charge in [-0.3, -0.25) is 19.2 Å². The normalized spacial score (nSPS) is 28.8. The summed E-state index contributed by atoms with van der Waals surface area (Å²) in [6, 6.07) is 8.45. The van der Waals surface area contributed by atoms with Crippen LogP contribution in [0.4, 0.5) is 42.1 Å². The van der Waals surface area contributed by atoms with Crippen LogP contribution in [-0.4, -0.2) is 45.6 Å². The van der Waals surface area contributed by atoms with Crippen molar-refractivity contribution in [3.05, 3.63) is 94.8 Å². The Morgan fingerprint density at radius 2 is 1.40 bits per heavy atom. The minimum Gasteiger partial charge on any atom is -0.508 e. The molecule has 3 aromatic carbocycles. The molecule has 4 amide bonds. The maximum atomic E-state index is 14.5. The highest BCUT2D eigenvalue weighted by molar-refractivity contribution is 6.58. The highest BCUT2D eigenvalue weighted by Crippen LogP contribution is 2.66. The molecule has 6 atom stereocenters. The Morgan fingerprint density at radius 1 is 0.788 bits per heavy atom. The number of amides is 4. The number of anilines is 2. The molecular weight excluding hydrogens is 748 g/mol. The lowest BCUT2D eigenvalue weighted by atomic mass is 9.56. The molecule has 52 heavy (non-hydrogen) atoms. The summed E-state index contributed by atoms with van der Waals surface area (Å²) in [4.78, 5) is 53.1. The van der Waals surface area contributed by atoms with Crippen LogP contribution in [0.2, 0.25) is 0 Å². The molecule has 2 heterocycles. The summed E-state index contributed by atoms with van der Waals surface area (Å²) in [5, 5.41) is 10.2. The Kier molecular flexibility index (Phi) is 8.04. The number of fused-ring (bicyclic) bond motifs is 4. The first-order valence-electron chi connectivity index (χ1n) is 15.5. The standard InChI is InChI=1S/C35H23Cl2F7N2O6/c1-52-25-13-20(47)6-7-22(25)27-21-8-9-23-26(29(49)45(28(23)48)19-11-15(34(39,40)41)10-16(12-19)35(42,43)44)24(21)14-32(36)30(50)46(31(51)33(27,32)37)18-4-2-17(38)3-5-18/h2-8,10-13,23-24,26-27,47H,9,14H2,1H3. The van der Waals surface area contributed by atoms with Gasteiger partial charge in [0.15, 0.2) is 9.75 Å². The van der Waals surface area contributed by atoms with Gasteiger partial charge in [-0.15, -0.1) is 23.2 Å². The summed E-state index contributed by atoms with van der Waals surface area (Å²) in [6.07, 6.45) is -9.89. The Hall–Kier alpha value is -4.63. The van der Waals surface area contributed by atoms with E-state index in [0.29, 0.717) is 4.90 Å². The average molecular weight is 771 g/mol. The highest BCUT2D eigenvalue weighted by Gasteiger charge is 2.77. The second-order valence-corrected chi connectivity index (χ2v) is 14.2. The first-order valence-corrected chi connectivity index (χ1v) is 16.3. The molecule has 2 aliphatic heterocycles. The molecule has 272 valence electrons. The van der Waals surface area contributed by atoms with E-state index in [-0.39, 0.29) is 57.8 Å². The van der Waals surface area contributed by atoms with Crippen LogP contribution in [0.3, 0.4) is 0 Å². The van der Waals surface area contributed by atoms with Crippen molar-refractivity contribution in [1.29, 1.82) is 0 Å². The van der Waals surface area contributed by atoms with Crippen molar-refractivity contribution in [3.63, 3.8) is 0 Å². The molecule has 3 aromatic rings. The van der Waals surface area contributed by atoms with E-state index in [1.807, 2.05) is 0 Å². The van der Waals surface area contributed by atoms with E-state index in [1.54, 1.807) is 0 Å². The zero-order chi connectivity index (χ0) is 37.9. The molecule has 1 N–H and O–H groups in total. The van der Waals surface area contributed by atoms with Gasteiger partial charge in [-0.2, -0.15) is 26.3 Å². The Morgan fingerprint density at radius 3 is 1.98 bits per heavy atom. The topological polar surface area (TPSA) is 104 Å². The number of imide groups is 2. The number of rotatable bonds is 4. The van der Waals surface area contributed by atoms with Crippen LogP contribution in [0.5, 0.6) is 11.5 Å². The van der Waals surface area contributed by atoms with Crippen molar-refractivity contribution in [3.8, 4) is 11.5 Å². The van der Waals surface area contributed by atoms with Crippen molar-refractivity contribution < 1.29 is 59.8 Å². The smallest absolute Gasteiger partial charge is 0.416 e. The molecule has 0 aromatic heterocycles. The lowest BCUT2D eigenvalue weighted by Crippen LogP contribution is -2.60. The third-order valence-corrected chi connectivity index (χ3v) is 11.7. The Labute approximate surface area is 299 Å². The van der Waals surface area contributed by atoms with Crippen molar-refractivity contribution >= 4 is 58.2 Å². The molecule has 4 aliphatic rings. The number of carbonyl (C=O) groups excluding carboxylic acids is 4. The molecule has 1 saturated carbocycles. The molecular formula is C35H23Cl2F7N2O6. The van der Waals surface area contributed by atoms with Crippen LogP contribution < -0.4 is 14.5 Å². The van der Waals surface area contributed by atoms with Crippen molar-refractivity contribution in [2.24, 2.45) is 17.8 Å². The fourth-order valence-electron chi connectivity index (χ4n) is 8.00. The van der Waals surface area contributed by atoms with E-state index >= 15 is 0 Å². The predicted octanol–water partition coefficient (Wildman–Crippen LogP) is 7.35. The number of ether oxygens (including phenoxy) is 1. The Balaban J connectivity index is 1.40. The fourth-order valence-corrected chi connectivity index (χ4v) is 8.93. The summed E-state index contributed by atoms with van der Waals surface area (Å²) in [6.45, 7) is 0. The van der Waals surface area contributed by atoms with Gasteiger partial charge in [-0.25, -0.2) is 14.2 Å². The number of hydrogen-bond donors (Lipinski definition) is 1. The van der Waals surface area contributed by atoms with Crippen LogP contribution >= 0.6 is 23.2 Å². The first kappa shape index (κ1) is 35.8. The summed E-state index contributed by atoms with van der Waals surface area (Å²) in [5.41, 5.74) is -4.19. The van der Waals surface area contributed by atoms with Crippen molar-refractivity contribution in [2.45, 2.75) is 40.9 Å². The summed E-state index contributed by atoms with van der Waals surface area (Å²) in [7, 11) is 1.24. The van der Waals surface area contributed by atoms with Crippen LogP contribution in [-0.2, 0) is 31.5 Å². The number of halogens is 9. The van der Waals surface area contributed by atoms with E-state index < -0.39 is 98.5 Å². The maximum absolute atomic E-state index is 14.5. The number of methoxy groups -OCH3 is 1. The second kappa shape index (κ2) is 11.7. The van der Waals surface area contributed by atoms with Gasteiger partial charge in [0.1, 0.15) is 17.3 Å². The maximum Gasteiger partial charge on any atom is 0.416 e. The van der Waals surface area contributed by atoms with E-state index in [4.69, 9.17) is 27.9 Å². The second-order valence-electron chi connectivity index (χ2n) is 13.0. The number of phenolic OH excluding ortho intramolecular Hbond substituents is 1. The molecule has 0 bridgehead atoms. The van der Waals surface area contributed by atoms with Gasteiger partial charge < -0.3 is 9.84 Å². The number of alkyl halides is 8. The highest BCUT2D eigenvalue weighted by atomic mass is 35.5. The van der Waals surface area contributed by atoms with Gasteiger partial charge >= 0.3 is 12.4 Å². The zero-order valence-electron chi connectivity index (χ0n) is 26.4. The van der Waals surface area contributed by atoms with Crippen LogP contribution in [0.15, 0.2) is 72.3 Å². The van der Waals surface area contributed by atoms with Crippen molar-refractivity contribution in [2.75, 3.05) is 16.9 Å². The molecule has 0 spiro atoms. The minimum atomic E-state index is -5.27. The van der Waals surface area contributed by atoms with Gasteiger partial charge in [-0.1, -0.05) is 17.7 Å². The molecule has 17 heteroatoms. The molecule has 0 radical (unpaired) electrons. The monoisotopic (exact) mass is 770 g/mol. The van der Waals surface area contributed by atoms with Crippen LogP contribution in [0.1, 0.15) is 35.4 Å². The van der Waals surface area contributed by atoms with Gasteiger partial charge in [0.2, 0.25) is 11.8 Å². The third kappa shape index (κ3) is 5.02. The summed E-state index contributed by atoms with van der Waals surface area (Å²) >= 11 is 14.5. The number of aromatic hydroxyl groups is 1. The van der Waals surface area contributed by atoms with E-state index in [2.05, 4.69) is 0 Å². The fraction of sp³-hybridized carbons (Fsp3) is 0.314. The van der Waals surface area contributed by atoms with Crippen molar-refractivity contribution in [1.82, 2.24) is 0 Å². The largest absolute Gasteiger partial charge is 0.508 e.